The number of aliphatic hydroxyl groups excluding tert-OH is 3. The number of ether oxygens (including phenoxy) is 1. The fourth-order valence-corrected chi connectivity index (χ4v) is 4.46. The Morgan fingerprint density at radius 2 is 1.84 bits per heavy atom. The molecule has 1 fully saturated rings. The van der Waals surface area contributed by atoms with Gasteiger partial charge in [0.1, 0.15) is 6.10 Å². The van der Waals surface area contributed by atoms with Gasteiger partial charge in [-0.05, 0) is 35.6 Å². The van der Waals surface area contributed by atoms with Gasteiger partial charge in [-0.25, -0.2) is 4.79 Å². The highest BCUT2D eigenvalue weighted by Crippen LogP contribution is 2.38. The average molecular weight is 438 g/mol. The highest BCUT2D eigenvalue weighted by Gasteiger charge is 2.45. The zero-order valence-electron chi connectivity index (χ0n) is 17.6. The van der Waals surface area contributed by atoms with Crippen LogP contribution in [-0.2, 0) is 17.8 Å². The Bertz CT molecular complexity index is 1200. The maximum Gasteiger partial charge on any atom is 0.330 e. The lowest BCUT2D eigenvalue weighted by Crippen LogP contribution is -2.36. The van der Waals surface area contributed by atoms with E-state index < -0.39 is 35.6 Å². The van der Waals surface area contributed by atoms with Crippen molar-refractivity contribution in [2.75, 3.05) is 6.61 Å². The number of rotatable bonds is 6. The Hall–Kier alpha value is -3.04. The van der Waals surface area contributed by atoms with Gasteiger partial charge in [-0.1, -0.05) is 48.0 Å². The third-order valence-corrected chi connectivity index (χ3v) is 6.01. The van der Waals surface area contributed by atoms with Gasteiger partial charge in [0.2, 0.25) is 0 Å². The largest absolute Gasteiger partial charge is 0.394 e. The number of hydrogen-bond donors (Lipinski definition) is 4. The van der Waals surface area contributed by atoms with E-state index in [4.69, 9.17) is 4.74 Å². The van der Waals surface area contributed by atoms with E-state index >= 15 is 0 Å². The molecule has 2 heterocycles. The summed E-state index contributed by atoms with van der Waals surface area (Å²) in [6, 6.07) is 14.9. The van der Waals surface area contributed by atoms with Crippen LogP contribution in [0.1, 0.15) is 22.9 Å². The standard InChI is InChI=1S/C24H26N2O6/c1-14-9-16(12-27)18(17(10-14)15-5-3-2-4-6-15)11-19-20(13-28)32-23(22(19)30)26-8-7-21(29)25-24(26)31/h2-10,19-20,22-23,27-28,30H,11-13H2,1H3,(H,25,29,31)/t19-,20+,22+,23+/m0/s1. The van der Waals surface area contributed by atoms with Gasteiger partial charge in [0, 0.05) is 18.2 Å². The lowest BCUT2D eigenvalue weighted by Gasteiger charge is -2.23. The smallest absolute Gasteiger partial charge is 0.330 e. The summed E-state index contributed by atoms with van der Waals surface area (Å²) in [5, 5.41) is 31.1. The van der Waals surface area contributed by atoms with Crippen molar-refractivity contribution in [3.63, 3.8) is 0 Å². The first-order chi connectivity index (χ1) is 15.4. The van der Waals surface area contributed by atoms with Crippen molar-refractivity contribution in [1.82, 2.24) is 9.55 Å². The van der Waals surface area contributed by atoms with E-state index in [1.54, 1.807) is 0 Å². The summed E-state index contributed by atoms with van der Waals surface area (Å²) in [5.74, 6) is -0.542. The molecule has 8 nitrogen and oxygen atoms in total. The molecule has 0 aliphatic carbocycles. The van der Waals surface area contributed by atoms with E-state index in [0.717, 1.165) is 32.4 Å². The monoisotopic (exact) mass is 438 g/mol. The zero-order valence-corrected chi connectivity index (χ0v) is 17.6. The van der Waals surface area contributed by atoms with Crippen LogP contribution in [0.5, 0.6) is 0 Å². The highest BCUT2D eigenvalue weighted by atomic mass is 16.5. The summed E-state index contributed by atoms with van der Waals surface area (Å²) in [7, 11) is 0. The van der Waals surface area contributed by atoms with Crippen molar-refractivity contribution in [2.45, 2.75) is 38.4 Å². The number of aromatic amines is 1. The predicted octanol–water partition coefficient (Wildman–Crippen LogP) is 1.11. The second kappa shape index (κ2) is 9.22. The van der Waals surface area contributed by atoms with Crippen LogP contribution in [0.4, 0.5) is 0 Å². The van der Waals surface area contributed by atoms with E-state index in [1.807, 2.05) is 49.4 Å². The number of aryl methyl sites for hydroxylation is 1. The number of benzene rings is 2. The second-order valence-electron chi connectivity index (χ2n) is 8.10. The second-order valence-corrected chi connectivity index (χ2v) is 8.10. The molecule has 0 bridgehead atoms. The lowest BCUT2D eigenvalue weighted by atomic mass is 9.84. The quantitative estimate of drug-likeness (QED) is 0.457. The number of nitrogens with zero attached hydrogens (tertiary/aromatic N) is 1. The van der Waals surface area contributed by atoms with Crippen LogP contribution in [0.3, 0.4) is 0 Å². The van der Waals surface area contributed by atoms with Crippen molar-refractivity contribution in [3.05, 3.63) is 92.3 Å². The molecule has 4 N–H and O–H groups in total. The Kier molecular flexibility index (Phi) is 6.38. The van der Waals surface area contributed by atoms with Crippen molar-refractivity contribution in [2.24, 2.45) is 5.92 Å². The van der Waals surface area contributed by atoms with Crippen molar-refractivity contribution >= 4 is 0 Å². The van der Waals surface area contributed by atoms with Crippen LogP contribution >= 0.6 is 0 Å². The molecule has 4 atom stereocenters. The van der Waals surface area contributed by atoms with E-state index in [1.165, 1.54) is 12.3 Å². The summed E-state index contributed by atoms with van der Waals surface area (Å²) in [6.45, 7) is 1.43. The third kappa shape index (κ3) is 4.18. The molecule has 2 aromatic carbocycles. The first kappa shape index (κ1) is 22.2. The van der Waals surface area contributed by atoms with Crippen LogP contribution in [0.2, 0.25) is 0 Å². The maximum atomic E-state index is 12.2. The number of aromatic nitrogens is 2. The van der Waals surface area contributed by atoms with Gasteiger partial charge >= 0.3 is 5.69 Å². The fourth-order valence-electron chi connectivity index (χ4n) is 4.46. The summed E-state index contributed by atoms with van der Waals surface area (Å²) in [6.07, 6.45) is -1.31. The minimum absolute atomic E-state index is 0.173. The lowest BCUT2D eigenvalue weighted by molar-refractivity contribution is -0.0535. The van der Waals surface area contributed by atoms with Gasteiger partial charge in [0.15, 0.2) is 6.23 Å². The van der Waals surface area contributed by atoms with E-state index in [0.29, 0.717) is 6.42 Å². The summed E-state index contributed by atoms with van der Waals surface area (Å²) in [4.78, 5) is 25.8. The fraction of sp³-hybridized carbons (Fsp3) is 0.333. The molecule has 32 heavy (non-hydrogen) atoms. The molecule has 1 aromatic heterocycles. The van der Waals surface area contributed by atoms with Crippen LogP contribution in [-0.4, -0.2) is 43.7 Å². The van der Waals surface area contributed by atoms with Gasteiger partial charge < -0.3 is 20.1 Å². The number of hydrogen-bond acceptors (Lipinski definition) is 6. The van der Waals surface area contributed by atoms with E-state index in [-0.39, 0.29) is 13.2 Å². The van der Waals surface area contributed by atoms with Crippen LogP contribution < -0.4 is 11.2 Å². The molecule has 4 rings (SSSR count). The van der Waals surface area contributed by atoms with Gasteiger partial charge in [0.05, 0.1) is 19.3 Å². The van der Waals surface area contributed by atoms with Crippen LogP contribution in [0, 0.1) is 12.8 Å². The Labute approximate surface area is 184 Å². The average Bonchev–Trinajstić information content (AvgIpc) is 3.10. The van der Waals surface area contributed by atoms with Gasteiger partial charge in [-0.3, -0.25) is 14.3 Å². The van der Waals surface area contributed by atoms with E-state index in [9.17, 15) is 24.9 Å². The third-order valence-electron chi connectivity index (χ3n) is 6.01. The molecule has 1 aliphatic rings. The van der Waals surface area contributed by atoms with E-state index in [2.05, 4.69) is 4.98 Å². The molecule has 3 aromatic rings. The summed E-state index contributed by atoms with van der Waals surface area (Å²) >= 11 is 0. The molecule has 1 saturated heterocycles. The Morgan fingerprint density at radius 1 is 1.09 bits per heavy atom. The molecule has 0 unspecified atom stereocenters. The molecule has 1 aliphatic heterocycles. The maximum absolute atomic E-state index is 12.2. The number of H-pyrrole nitrogens is 1. The predicted molar refractivity (Wildman–Crippen MR) is 118 cm³/mol. The Balaban J connectivity index is 1.74. The van der Waals surface area contributed by atoms with Gasteiger partial charge in [-0.15, -0.1) is 0 Å². The van der Waals surface area contributed by atoms with Crippen molar-refractivity contribution in [1.29, 1.82) is 0 Å². The number of nitrogens with one attached hydrogen (secondary N) is 1. The van der Waals surface area contributed by atoms with Crippen molar-refractivity contribution < 1.29 is 20.1 Å². The molecule has 0 spiro atoms. The van der Waals surface area contributed by atoms with Crippen molar-refractivity contribution in [3.8, 4) is 11.1 Å². The highest BCUT2D eigenvalue weighted by molar-refractivity contribution is 5.70. The minimum atomic E-state index is -1.12. The Morgan fingerprint density at radius 3 is 2.50 bits per heavy atom. The summed E-state index contributed by atoms with van der Waals surface area (Å²) in [5.41, 5.74) is 3.24. The minimum Gasteiger partial charge on any atom is -0.394 e. The molecule has 8 heteroatoms. The first-order valence-corrected chi connectivity index (χ1v) is 10.5. The molecule has 0 radical (unpaired) electrons. The van der Waals surface area contributed by atoms with Crippen LogP contribution in [0.25, 0.3) is 11.1 Å². The topological polar surface area (TPSA) is 125 Å². The first-order valence-electron chi connectivity index (χ1n) is 10.5. The van der Waals surface area contributed by atoms with Crippen LogP contribution in [0.15, 0.2) is 64.3 Å². The number of aliphatic hydroxyl groups is 3. The summed E-state index contributed by atoms with van der Waals surface area (Å²) < 4.78 is 6.96. The van der Waals surface area contributed by atoms with Gasteiger partial charge in [-0.2, -0.15) is 0 Å². The SMILES string of the molecule is Cc1cc(CO)c(C[C@@H]2[C@@H](O)[C@H](n3ccc(=O)[nH]c3=O)O[C@@H]2CO)c(-c2ccccc2)c1. The van der Waals surface area contributed by atoms with Gasteiger partial charge in [0.25, 0.3) is 5.56 Å². The molecular formula is C24H26N2O6. The zero-order chi connectivity index (χ0) is 22.8. The molecule has 0 amide bonds. The molecule has 168 valence electrons. The molecule has 0 saturated carbocycles. The normalized spacial score (nSPS) is 22.9. The molecular weight excluding hydrogens is 412 g/mol.